The van der Waals surface area contributed by atoms with E-state index in [4.69, 9.17) is 37.0 Å². The summed E-state index contributed by atoms with van der Waals surface area (Å²) < 4.78 is 68.7. The van der Waals surface area contributed by atoms with Gasteiger partial charge in [0.25, 0.3) is 0 Å². The number of hydrogen-bond acceptors (Lipinski definition) is 15. The van der Waals surface area contributed by atoms with E-state index in [1.165, 1.54) is 244 Å². The molecule has 0 bridgehead atoms. The quantitative estimate of drug-likeness (QED) is 0.0222. The molecule has 5 atom stereocenters. The topological polar surface area (TPSA) is 237 Å². The normalized spacial score (nSPS) is 13.9. The average molecular weight is 1470 g/mol. The SMILES string of the molecule is CCCCCCCCCCCCCCCCCCCCCCCCC(=O)O[C@H](COC(=O)CCCCCCCCCCCCCC(C)C)COP(=O)(O)OC[C@@H](O)COP(=O)(O)OC[C@@H](COC(=O)CCCCCCCCCCCC)OC(=O)CCCCCCCCCCCCCC(C)C. The molecule has 2 unspecified atom stereocenters. The van der Waals surface area contributed by atoms with Crippen molar-refractivity contribution in [2.24, 2.45) is 11.8 Å². The summed E-state index contributed by atoms with van der Waals surface area (Å²) in [6.07, 6.45) is 62.5. The third kappa shape index (κ3) is 74.3. The first-order valence-electron chi connectivity index (χ1n) is 42.0. The molecular formula is C81H158O17P2. The van der Waals surface area contributed by atoms with E-state index < -0.39 is 97.5 Å². The number of esters is 4. The van der Waals surface area contributed by atoms with E-state index in [9.17, 15) is 43.2 Å². The highest BCUT2D eigenvalue weighted by molar-refractivity contribution is 7.47. The molecule has 0 fully saturated rings. The van der Waals surface area contributed by atoms with Crippen molar-refractivity contribution >= 4 is 39.5 Å². The van der Waals surface area contributed by atoms with Gasteiger partial charge in [-0.1, -0.05) is 375 Å². The third-order valence-corrected chi connectivity index (χ3v) is 20.9. The minimum Gasteiger partial charge on any atom is -0.462 e. The Morgan fingerprint density at radius 3 is 0.680 bits per heavy atom. The first kappa shape index (κ1) is 98.1. The van der Waals surface area contributed by atoms with E-state index >= 15 is 0 Å². The smallest absolute Gasteiger partial charge is 0.462 e. The van der Waals surface area contributed by atoms with Crippen molar-refractivity contribution in [1.82, 2.24) is 0 Å². The molecule has 0 aliphatic heterocycles. The van der Waals surface area contributed by atoms with Gasteiger partial charge >= 0.3 is 39.5 Å². The summed E-state index contributed by atoms with van der Waals surface area (Å²) in [5, 5.41) is 10.6. The Hall–Kier alpha value is -1.94. The molecule has 0 aliphatic rings. The summed E-state index contributed by atoms with van der Waals surface area (Å²) in [6, 6.07) is 0. The van der Waals surface area contributed by atoms with Crippen LogP contribution < -0.4 is 0 Å². The second-order valence-electron chi connectivity index (χ2n) is 30.1. The maximum Gasteiger partial charge on any atom is 0.472 e. The Morgan fingerprint density at radius 2 is 0.460 bits per heavy atom. The number of aliphatic hydroxyl groups excluding tert-OH is 1. The van der Waals surface area contributed by atoms with E-state index in [-0.39, 0.29) is 25.7 Å². The zero-order valence-corrected chi connectivity index (χ0v) is 67.3. The van der Waals surface area contributed by atoms with Gasteiger partial charge in [0.15, 0.2) is 12.2 Å². The van der Waals surface area contributed by atoms with Crippen LogP contribution in [0.4, 0.5) is 0 Å². The molecule has 0 saturated heterocycles. The zero-order valence-electron chi connectivity index (χ0n) is 65.5. The Kier molecular flexibility index (Phi) is 71.2. The van der Waals surface area contributed by atoms with E-state index in [2.05, 4.69) is 41.5 Å². The number of carbonyl (C=O) groups is 4. The highest BCUT2D eigenvalue weighted by atomic mass is 31.2. The average Bonchev–Trinajstić information content (AvgIpc) is 0.970. The van der Waals surface area contributed by atoms with Gasteiger partial charge in [0.1, 0.15) is 19.3 Å². The van der Waals surface area contributed by atoms with Gasteiger partial charge in [-0.3, -0.25) is 37.3 Å². The molecule has 0 heterocycles. The monoisotopic (exact) mass is 1470 g/mol. The summed E-state index contributed by atoms with van der Waals surface area (Å²) in [7, 11) is -9.92. The van der Waals surface area contributed by atoms with Crippen LogP contribution in [0.3, 0.4) is 0 Å². The molecule has 0 radical (unpaired) electrons. The van der Waals surface area contributed by atoms with Crippen molar-refractivity contribution in [3.8, 4) is 0 Å². The van der Waals surface area contributed by atoms with Crippen LogP contribution in [-0.4, -0.2) is 96.7 Å². The standard InChI is InChI=1S/C81H158O17P2/c1-7-9-11-13-15-17-19-20-21-22-23-24-25-26-27-28-29-34-41-47-53-59-65-80(85)97-77(70-92-79(84)64-58-52-46-40-35-30-32-37-43-49-55-61-73(3)4)72-96-100(89,90)94-68-75(82)67-93-99(87,88)95-71-76(69-91-78(83)63-57-51-45-39-18-16-14-12-10-8-2)98-81(86)66-60-54-48-42-36-31-33-38-44-50-56-62-74(5)6/h73-77,82H,7-72H2,1-6H3,(H,87,88)(H,89,90)/t75-,76+,77+/m0/s1. The van der Waals surface area contributed by atoms with Gasteiger partial charge in [-0.15, -0.1) is 0 Å². The number of phosphoric acid groups is 2. The van der Waals surface area contributed by atoms with Crippen molar-refractivity contribution in [2.45, 2.75) is 445 Å². The summed E-state index contributed by atoms with van der Waals surface area (Å²) >= 11 is 0. The maximum atomic E-state index is 13.1. The summed E-state index contributed by atoms with van der Waals surface area (Å²) in [5.74, 6) is -0.574. The molecule has 0 aromatic heterocycles. The van der Waals surface area contributed by atoms with Crippen LogP contribution >= 0.6 is 15.6 Å². The van der Waals surface area contributed by atoms with Crippen LogP contribution in [0.25, 0.3) is 0 Å². The van der Waals surface area contributed by atoms with Crippen LogP contribution in [0.2, 0.25) is 0 Å². The molecule has 0 amide bonds. The van der Waals surface area contributed by atoms with Gasteiger partial charge in [0, 0.05) is 25.7 Å². The number of aliphatic hydroxyl groups is 1. The number of rotatable bonds is 80. The molecule has 100 heavy (non-hydrogen) atoms. The Balaban J connectivity index is 5.20. The van der Waals surface area contributed by atoms with Gasteiger partial charge < -0.3 is 33.8 Å². The number of phosphoric ester groups is 2. The number of unbranched alkanes of at least 4 members (excludes halogenated alkanes) is 50. The molecule has 0 aliphatic carbocycles. The van der Waals surface area contributed by atoms with Gasteiger partial charge in [-0.2, -0.15) is 0 Å². The molecule has 594 valence electrons. The molecule has 3 N–H and O–H groups in total. The predicted octanol–water partition coefficient (Wildman–Crippen LogP) is 24.3. The maximum absolute atomic E-state index is 13.1. The lowest BCUT2D eigenvalue weighted by molar-refractivity contribution is -0.161. The van der Waals surface area contributed by atoms with Crippen molar-refractivity contribution < 1.29 is 80.2 Å². The van der Waals surface area contributed by atoms with Crippen LogP contribution in [0.5, 0.6) is 0 Å². The lowest BCUT2D eigenvalue weighted by atomic mass is 10.0. The predicted molar refractivity (Wildman–Crippen MR) is 409 cm³/mol. The van der Waals surface area contributed by atoms with Crippen LogP contribution in [-0.2, 0) is 65.4 Å². The Morgan fingerprint density at radius 1 is 0.270 bits per heavy atom. The van der Waals surface area contributed by atoms with Crippen molar-refractivity contribution in [1.29, 1.82) is 0 Å². The molecule has 19 heteroatoms. The van der Waals surface area contributed by atoms with Crippen LogP contribution in [0, 0.1) is 11.8 Å². The highest BCUT2D eigenvalue weighted by Gasteiger charge is 2.30. The molecule has 0 aromatic rings. The Labute approximate surface area is 613 Å². The largest absolute Gasteiger partial charge is 0.472 e. The van der Waals surface area contributed by atoms with Crippen LogP contribution in [0.1, 0.15) is 427 Å². The van der Waals surface area contributed by atoms with E-state index in [0.717, 1.165) is 102 Å². The van der Waals surface area contributed by atoms with Crippen LogP contribution in [0.15, 0.2) is 0 Å². The van der Waals surface area contributed by atoms with Crippen molar-refractivity contribution in [3.63, 3.8) is 0 Å². The first-order valence-corrected chi connectivity index (χ1v) is 45.0. The fourth-order valence-corrected chi connectivity index (χ4v) is 14.1. The van der Waals surface area contributed by atoms with Crippen molar-refractivity contribution in [3.05, 3.63) is 0 Å². The minimum absolute atomic E-state index is 0.107. The Bertz CT molecular complexity index is 1920. The molecule has 17 nitrogen and oxygen atoms in total. The lowest BCUT2D eigenvalue weighted by Crippen LogP contribution is -2.30. The van der Waals surface area contributed by atoms with E-state index in [1.807, 2.05) is 0 Å². The van der Waals surface area contributed by atoms with Gasteiger partial charge in [0.05, 0.1) is 26.4 Å². The number of carbonyl (C=O) groups excluding carboxylic acids is 4. The zero-order chi connectivity index (χ0) is 73.5. The fraction of sp³-hybridized carbons (Fsp3) is 0.951. The molecule has 0 saturated carbocycles. The van der Waals surface area contributed by atoms with E-state index in [0.29, 0.717) is 25.7 Å². The number of ether oxygens (including phenoxy) is 4. The minimum atomic E-state index is -4.96. The molecule has 0 aromatic carbocycles. The highest BCUT2D eigenvalue weighted by Crippen LogP contribution is 2.45. The second kappa shape index (κ2) is 72.6. The molecular weight excluding hydrogens is 1310 g/mol. The van der Waals surface area contributed by atoms with Gasteiger partial charge in [-0.05, 0) is 37.5 Å². The summed E-state index contributed by atoms with van der Waals surface area (Å²) in [6.45, 7) is 9.62. The van der Waals surface area contributed by atoms with Crippen molar-refractivity contribution in [2.75, 3.05) is 39.6 Å². The lowest BCUT2D eigenvalue weighted by Gasteiger charge is -2.21. The second-order valence-corrected chi connectivity index (χ2v) is 33.0. The van der Waals surface area contributed by atoms with Gasteiger partial charge in [0.2, 0.25) is 0 Å². The first-order chi connectivity index (χ1) is 48.4. The number of hydrogen-bond donors (Lipinski definition) is 3. The summed E-state index contributed by atoms with van der Waals surface area (Å²) in [5.41, 5.74) is 0. The fourth-order valence-electron chi connectivity index (χ4n) is 12.5. The third-order valence-electron chi connectivity index (χ3n) is 19.0. The van der Waals surface area contributed by atoms with Gasteiger partial charge in [-0.25, -0.2) is 9.13 Å². The van der Waals surface area contributed by atoms with E-state index in [1.54, 1.807) is 0 Å². The molecule has 0 spiro atoms. The molecule has 0 rings (SSSR count). The summed E-state index contributed by atoms with van der Waals surface area (Å²) in [4.78, 5) is 73.0.